The SMILES string of the molecule is O=C(CCN1CCN(C(=O)[C@@H]2COc3ccccc3O2)CC1)Nc1ccccc1[N+](=O)[O-]. The summed E-state index contributed by atoms with van der Waals surface area (Å²) < 4.78 is 11.4. The molecule has 10 nitrogen and oxygen atoms in total. The highest BCUT2D eigenvalue weighted by atomic mass is 16.6. The van der Waals surface area contributed by atoms with E-state index < -0.39 is 11.0 Å². The average molecular weight is 440 g/mol. The Hall–Kier alpha value is -3.66. The van der Waals surface area contributed by atoms with Crippen LogP contribution in [0.1, 0.15) is 6.42 Å². The molecule has 2 aliphatic heterocycles. The number of nitrogens with zero attached hydrogens (tertiary/aromatic N) is 3. The van der Waals surface area contributed by atoms with Gasteiger partial charge in [-0.1, -0.05) is 24.3 Å². The first-order chi connectivity index (χ1) is 15.5. The molecular formula is C22H24N4O6. The van der Waals surface area contributed by atoms with Crippen molar-refractivity contribution in [2.24, 2.45) is 0 Å². The van der Waals surface area contributed by atoms with Crippen LogP contribution in [0.4, 0.5) is 11.4 Å². The monoisotopic (exact) mass is 440 g/mol. The second-order valence-electron chi connectivity index (χ2n) is 7.60. The summed E-state index contributed by atoms with van der Waals surface area (Å²) in [6.45, 7) is 3.02. The summed E-state index contributed by atoms with van der Waals surface area (Å²) >= 11 is 0. The highest BCUT2D eigenvalue weighted by molar-refractivity contribution is 5.93. The molecule has 0 saturated carbocycles. The van der Waals surface area contributed by atoms with Crippen LogP contribution in [0, 0.1) is 10.1 Å². The van der Waals surface area contributed by atoms with Crippen LogP contribution in [-0.4, -0.2) is 72.0 Å². The van der Waals surface area contributed by atoms with Crippen molar-refractivity contribution in [3.8, 4) is 11.5 Å². The van der Waals surface area contributed by atoms with Crippen molar-refractivity contribution in [2.75, 3.05) is 44.6 Å². The topological polar surface area (TPSA) is 114 Å². The molecule has 2 aliphatic rings. The van der Waals surface area contributed by atoms with Gasteiger partial charge in [-0.05, 0) is 18.2 Å². The van der Waals surface area contributed by atoms with Gasteiger partial charge in [0.25, 0.3) is 11.6 Å². The van der Waals surface area contributed by atoms with E-state index in [0.717, 1.165) is 0 Å². The second-order valence-corrected chi connectivity index (χ2v) is 7.60. The van der Waals surface area contributed by atoms with Gasteiger partial charge in [-0.3, -0.25) is 24.6 Å². The summed E-state index contributed by atoms with van der Waals surface area (Å²) in [6.07, 6.45) is -0.458. The van der Waals surface area contributed by atoms with E-state index in [2.05, 4.69) is 10.2 Å². The highest BCUT2D eigenvalue weighted by Gasteiger charge is 2.32. The summed E-state index contributed by atoms with van der Waals surface area (Å²) in [5.74, 6) is 0.818. The molecule has 32 heavy (non-hydrogen) atoms. The van der Waals surface area contributed by atoms with Crippen molar-refractivity contribution < 1.29 is 24.0 Å². The third kappa shape index (κ3) is 4.97. The van der Waals surface area contributed by atoms with Gasteiger partial charge in [-0.25, -0.2) is 0 Å². The molecule has 0 aromatic heterocycles. The Labute approximate surface area is 184 Å². The molecule has 168 valence electrons. The predicted octanol–water partition coefficient (Wildman–Crippen LogP) is 1.91. The largest absolute Gasteiger partial charge is 0.485 e. The molecule has 4 rings (SSSR count). The lowest BCUT2D eigenvalue weighted by molar-refractivity contribution is -0.383. The van der Waals surface area contributed by atoms with E-state index in [1.165, 1.54) is 12.1 Å². The Bertz CT molecular complexity index is 1010. The summed E-state index contributed by atoms with van der Waals surface area (Å²) in [5.41, 5.74) is 0.0544. The minimum absolute atomic E-state index is 0.103. The van der Waals surface area contributed by atoms with E-state index in [9.17, 15) is 19.7 Å². The van der Waals surface area contributed by atoms with Crippen LogP contribution in [0.2, 0.25) is 0 Å². The molecule has 0 radical (unpaired) electrons. The smallest absolute Gasteiger partial charge is 0.292 e. The molecule has 2 amide bonds. The number of nitro benzene ring substituents is 1. The van der Waals surface area contributed by atoms with Gasteiger partial charge in [0.05, 0.1) is 4.92 Å². The van der Waals surface area contributed by atoms with Crippen molar-refractivity contribution in [1.29, 1.82) is 0 Å². The van der Waals surface area contributed by atoms with Crippen LogP contribution in [0.25, 0.3) is 0 Å². The van der Waals surface area contributed by atoms with E-state index in [1.807, 2.05) is 12.1 Å². The summed E-state index contributed by atoms with van der Waals surface area (Å²) in [5, 5.41) is 13.7. The maximum Gasteiger partial charge on any atom is 0.292 e. The maximum atomic E-state index is 12.8. The Balaban J connectivity index is 1.22. The fourth-order valence-corrected chi connectivity index (χ4v) is 3.75. The van der Waals surface area contributed by atoms with Crippen LogP contribution >= 0.6 is 0 Å². The number of nitrogens with one attached hydrogen (secondary N) is 1. The van der Waals surface area contributed by atoms with Gasteiger partial charge >= 0.3 is 0 Å². The molecule has 10 heteroatoms. The van der Waals surface area contributed by atoms with Crippen LogP contribution < -0.4 is 14.8 Å². The zero-order valence-electron chi connectivity index (χ0n) is 17.4. The molecule has 1 fully saturated rings. The number of carbonyl (C=O) groups is 2. The molecule has 2 aromatic carbocycles. The van der Waals surface area contributed by atoms with Crippen molar-refractivity contribution in [1.82, 2.24) is 9.80 Å². The molecule has 2 heterocycles. The Morgan fingerprint density at radius 1 is 1.03 bits per heavy atom. The molecular weight excluding hydrogens is 416 g/mol. The minimum Gasteiger partial charge on any atom is -0.485 e. The molecule has 0 aliphatic carbocycles. The number of anilines is 1. The molecule has 2 aromatic rings. The zero-order chi connectivity index (χ0) is 22.5. The van der Waals surface area contributed by atoms with E-state index in [4.69, 9.17) is 9.47 Å². The number of benzene rings is 2. The zero-order valence-corrected chi connectivity index (χ0v) is 17.4. The van der Waals surface area contributed by atoms with Crippen molar-refractivity contribution in [3.63, 3.8) is 0 Å². The summed E-state index contributed by atoms with van der Waals surface area (Å²) in [4.78, 5) is 39.5. The van der Waals surface area contributed by atoms with Crippen molar-refractivity contribution in [2.45, 2.75) is 12.5 Å². The number of hydrogen-bond donors (Lipinski definition) is 1. The number of carbonyl (C=O) groups excluding carboxylic acids is 2. The average Bonchev–Trinajstić information content (AvgIpc) is 2.82. The van der Waals surface area contributed by atoms with Crippen molar-refractivity contribution >= 4 is 23.2 Å². The van der Waals surface area contributed by atoms with Gasteiger partial charge in [-0.15, -0.1) is 0 Å². The van der Waals surface area contributed by atoms with Gasteiger partial charge < -0.3 is 19.7 Å². The predicted molar refractivity (Wildman–Crippen MR) is 116 cm³/mol. The van der Waals surface area contributed by atoms with Crippen LogP contribution in [0.5, 0.6) is 11.5 Å². The first kappa shape index (κ1) is 21.6. The quantitative estimate of drug-likeness (QED) is 0.539. The van der Waals surface area contributed by atoms with Crippen molar-refractivity contribution in [3.05, 3.63) is 58.6 Å². The second kappa shape index (κ2) is 9.65. The van der Waals surface area contributed by atoms with E-state index >= 15 is 0 Å². The normalized spacial score (nSPS) is 18.1. The number of ether oxygens (including phenoxy) is 2. The third-order valence-electron chi connectivity index (χ3n) is 5.50. The van der Waals surface area contributed by atoms with Crippen LogP contribution in [0.3, 0.4) is 0 Å². The minimum atomic E-state index is -0.663. The number of para-hydroxylation sites is 4. The van der Waals surface area contributed by atoms with E-state index in [1.54, 1.807) is 29.2 Å². The Morgan fingerprint density at radius 3 is 2.47 bits per heavy atom. The number of piperazine rings is 1. The lowest BCUT2D eigenvalue weighted by Gasteiger charge is -2.37. The number of amides is 2. The number of rotatable bonds is 6. The van der Waals surface area contributed by atoms with Gasteiger partial charge in [0.2, 0.25) is 12.0 Å². The number of fused-ring (bicyclic) bond motifs is 1. The van der Waals surface area contributed by atoms with E-state index in [-0.39, 0.29) is 36.2 Å². The fraction of sp³-hybridized carbons (Fsp3) is 0.364. The Morgan fingerprint density at radius 2 is 1.72 bits per heavy atom. The van der Waals surface area contributed by atoms with Gasteiger partial charge in [-0.2, -0.15) is 0 Å². The molecule has 1 saturated heterocycles. The molecule has 0 bridgehead atoms. The third-order valence-corrected chi connectivity index (χ3v) is 5.50. The van der Waals surface area contributed by atoms with Gasteiger partial charge in [0, 0.05) is 45.2 Å². The van der Waals surface area contributed by atoms with Gasteiger partial charge in [0.15, 0.2) is 11.5 Å². The number of hydrogen-bond acceptors (Lipinski definition) is 7. The Kier molecular flexibility index (Phi) is 6.50. The number of nitro groups is 1. The maximum absolute atomic E-state index is 12.8. The van der Waals surface area contributed by atoms with E-state index in [0.29, 0.717) is 44.2 Å². The molecule has 0 spiro atoms. The molecule has 0 unspecified atom stereocenters. The first-order valence-electron chi connectivity index (χ1n) is 10.4. The molecule has 1 atom stereocenters. The van der Waals surface area contributed by atoms with Crippen LogP contribution in [-0.2, 0) is 9.59 Å². The fourth-order valence-electron chi connectivity index (χ4n) is 3.75. The lowest BCUT2D eigenvalue weighted by atomic mass is 10.2. The lowest BCUT2D eigenvalue weighted by Crippen LogP contribution is -2.54. The van der Waals surface area contributed by atoms with Crippen LogP contribution in [0.15, 0.2) is 48.5 Å². The first-order valence-corrected chi connectivity index (χ1v) is 10.4. The van der Waals surface area contributed by atoms with Gasteiger partial charge in [0.1, 0.15) is 12.3 Å². The summed E-state index contributed by atoms with van der Waals surface area (Å²) in [7, 11) is 0. The molecule has 1 N–H and O–H groups in total. The highest BCUT2D eigenvalue weighted by Crippen LogP contribution is 2.31. The summed E-state index contributed by atoms with van der Waals surface area (Å²) in [6, 6.07) is 13.3. The standard InChI is InChI=1S/C22H24N4O6/c27-21(23-16-5-1-2-6-17(16)26(29)30)9-10-24-11-13-25(14-12-24)22(28)20-15-31-18-7-3-4-8-19(18)32-20/h1-8,20H,9-15H2,(H,23,27)/t20-/m0/s1.